The second-order valence-electron chi connectivity index (χ2n) is 11.3. The number of ether oxygens (including phenoxy) is 2. The first-order valence-electron chi connectivity index (χ1n) is 15.2. The lowest BCUT2D eigenvalue weighted by Crippen LogP contribution is -2.46. The largest absolute Gasteiger partial charge is 0.493 e. The number of benzene rings is 3. The molecule has 1 saturated heterocycles. The van der Waals surface area contributed by atoms with Gasteiger partial charge in [-0.15, -0.1) is 0 Å². The summed E-state index contributed by atoms with van der Waals surface area (Å²) < 4.78 is 10.3. The second-order valence-corrected chi connectivity index (χ2v) is 11.3. The third kappa shape index (κ3) is 8.54. The molecule has 1 fully saturated rings. The number of nitrogens with two attached hydrogens (primary N) is 2. The summed E-state index contributed by atoms with van der Waals surface area (Å²) in [7, 11) is 5.22. The zero-order valence-corrected chi connectivity index (χ0v) is 26.4. The Morgan fingerprint density at radius 3 is 2.26 bits per heavy atom. The van der Waals surface area contributed by atoms with Gasteiger partial charge in [-0.3, -0.25) is 4.79 Å². The van der Waals surface area contributed by atoms with Crippen LogP contribution < -0.4 is 26.3 Å². The van der Waals surface area contributed by atoms with Gasteiger partial charge in [0.1, 0.15) is 0 Å². The van der Waals surface area contributed by atoms with Crippen molar-refractivity contribution in [3.05, 3.63) is 107 Å². The molecule has 5 rings (SSSR count). The predicted molar refractivity (Wildman–Crippen MR) is 176 cm³/mol. The minimum atomic E-state index is 0.250. The fraction of sp³-hybridized carbons (Fsp3) is 0.417. The molecule has 0 radical (unpaired) electrons. The Hall–Kier alpha value is -3.97. The van der Waals surface area contributed by atoms with Gasteiger partial charge in [0.2, 0.25) is 6.41 Å². The predicted octanol–water partition coefficient (Wildman–Crippen LogP) is 5.69. The van der Waals surface area contributed by atoms with Crippen molar-refractivity contribution in [1.29, 1.82) is 0 Å². The number of hydrogen-bond acceptors (Lipinski definition) is 6. The van der Waals surface area contributed by atoms with Crippen LogP contribution in [0.25, 0.3) is 0 Å². The molecule has 7 nitrogen and oxygen atoms in total. The van der Waals surface area contributed by atoms with Crippen molar-refractivity contribution >= 4 is 6.41 Å². The lowest BCUT2D eigenvalue weighted by atomic mass is 9.59. The molecule has 1 atom stereocenters. The molecule has 3 aromatic carbocycles. The SMILES string of the molecule is C=C(NC)N1CCC(Cc2ccccc2)(C2CCCc3ccccc32)CC1.COc1cc(C)c(CN)cc1OC.NC=O. The van der Waals surface area contributed by atoms with E-state index in [9.17, 15) is 0 Å². The number of likely N-dealkylation sites (tertiary alicyclic amines) is 1. The average Bonchev–Trinajstić information content (AvgIpc) is 3.05. The summed E-state index contributed by atoms with van der Waals surface area (Å²) in [4.78, 5) is 11.0. The maximum atomic E-state index is 8.58. The van der Waals surface area contributed by atoms with E-state index < -0.39 is 0 Å². The summed E-state index contributed by atoms with van der Waals surface area (Å²) in [5.74, 6) is 3.21. The molecule has 2 aliphatic rings. The highest BCUT2D eigenvalue weighted by Gasteiger charge is 2.43. The molecule has 0 bridgehead atoms. The number of amides is 1. The number of nitrogens with zero attached hydrogens (tertiary/aromatic N) is 1. The van der Waals surface area contributed by atoms with Gasteiger partial charge in [-0.05, 0) is 96.7 Å². The number of piperidine rings is 1. The van der Waals surface area contributed by atoms with Crippen LogP contribution in [0, 0.1) is 12.3 Å². The first kappa shape index (κ1) is 33.5. The molecule has 3 aromatic rings. The Kier molecular flexibility index (Phi) is 13.0. The monoisotopic (exact) mass is 586 g/mol. The minimum absolute atomic E-state index is 0.250. The van der Waals surface area contributed by atoms with Gasteiger partial charge < -0.3 is 31.2 Å². The van der Waals surface area contributed by atoms with E-state index in [1.54, 1.807) is 25.3 Å². The molecule has 1 aliphatic heterocycles. The lowest BCUT2D eigenvalue weighted by molar-refractivity contribution is -0.106. The smallest absolute Gasteiger partial charge is 0.204 e. The standard InChI is InChI=1S/C25H32N2.C10H15NO2.CH3NO/c1-20(26-2)27-17-15-25(16-18-27,19-21-9-4-3-5-10-21)24-14-8-12-22-11-6-7-13-23(22)24;1-7-4-9(12-2)10(13-3)5-8(7)6-11;2-1-3/h3-7,9-11,13,24,26H,1,8,12,14-19H2,2H3;4-5H,6,11H2,1-3H3;1H,(H2,2,3). The van der Waals surface area contributed by atoms with Gasteiger partial charge in [0.05, 0.1) is 20.0 Å². The second kappa shape index (κ2) is 16.6. The summed E-state index contributed by atoms with van der Waals surface area (Å²) >= 11 is 0. The normalized spacial score (nSPS) is 16.7. The van der Waals surface area contributed by atoms with Crippen LogP contribution in [-0.4, -0.2) is 45.7 Å². The van der Waals surface area contributed by atoms with Gasteiger partial charge in [0.15, 0.2) is 11.5 Å². The van der Waals surface area contributed by atoms with E-state index in [1.807, 2.05) is 26.1 Å². The Morgan fingerprint density at radius 1 is 1.05 bits per heavy atom. The molecule has 1 amide bonds. The van der Waals surface area contributed by atoms with Gasteiger partial charge in [0.25, 0.3) is 0 Å². The third-order valence-electron chi connectivity index (χ3n) is 9.00. The molecule has 5 N–H and O–H groups in total. The number of rotatable bonds is 8. The molecular formula is C36H50N4O3. The van der Waals surface area contributed by atoms with Crippen LogP contribution in [0.5, 0.6) is 11.5 Å². The van der Waals surface area contributed by atoms with Crippen LogP contribution in [-0.2, 0) is 24.2 Å². The third-order valence-corrected chi connectivity index (χ3v) is 9.00. The van der Waals surface area contributed by atoms with Crippen molar-refractivity contribution in [3.8, 4) is 11.5 Å². The van der Waals surface area contributed by atoms with Crippen LogP contribution >= 0.6 is 0 Å². The van der Waals surface area contributed by atoms with Crippen LogP contribution in [0.4, 0.5) is 0 Å². The highest BCUT2D eigenvalue weighted by atomic mass is 16.5. The molecule has 1 heterocycles. The number of nitrogens with one attached hydrogen (secondary N) is 1. The number of fused-ring (bicyclic) bond motifs is 1. The van der Waals surface area contributed by atoms with E-state index in [2.05, 4.69) is 77.1 Å². The Balaban J connectivity index is 0.000000265. The van der Waals surface area contributed by atoms with Crippen molar-refractivity contribution in [2.24, 2.45) is 16.9 Å². The molecule has 0 spiro atoms. The van der Waals surface area contributed by atoms with E-state index in [-0.39, 0.29) is 6.41 Å². The van der Waals surface area contributed by atoms with E-state index in [1.165, 1.54) is 44.1 Å². The van der Waals surface area contributed by atoms with Gasteiger partial charge in [0, 0.05) is 26.7 Å². The van der Waals surface area contributed by atoms with Crippen LogP contribution in [0.2, 0.25) is 0 Å². The molecule has 43 heavy (non-hydrogen) atoms. The van der Waals surface area contributed by atoms with Gasteiger partial charge in [-0.25, -0.2) is 0 Å². The minimum Gasteiger partial charge on any atom is -0.493 e. The van der Waals surface area contributed by atoms with Gasteiger partial charge >= 0.3 is 0 Å². The molecule has 0 aromatic heterocycles. The van der Waals surface area contributed by atoms with Crippen molar-refractivity contribution in [3.63, 3.8) is 0 Å². The van der Waals surface area contributed by atoms with E-state index in [4.69, 9.17) is 20.0 Å². The number of methoxy groups -OCH3 is 2. The number of carbonyl (C=O) groups excluding carboxylic acids is 1. The van der Waals surface area contributed by atoms with Crippen molar-refractivity contribution in [1.82, 2.24) is 10.2 Å². The van der Waals surface area contributed by atoms with Crippen LogP contribution in [0.3, 0.4) is 0 Å². The zero-order chi connectivity index (χ0) is 31.2. The number of carbonyl (C=O) groups is 1. The molecule has 232 valence electrons. The first-order chi connectivity index (χ1) is 20.9. The van der Waals surface area contributed by atoms with E-state index in [0.29, 0.717) is 17.9 Å². The van der Waals surface area contributed by atoms with Gasteiger partial charge in [-0.2, -0.15) is 0 Å². The Morgan fingerprint density at radius 2 is 1.65 bits per heavy atom. The number of aryl methyl sites for hydroxylation is 2. The highest BCUT2D eigenvalue weighted by molar-refractivity contribution is 5.47. The summed E-state index contributed by atoms with van der Waals surface area (Å²) in [5.41, 5.74) is 17.0. The topological polar surface area (TPSA) is 103 Å². The van der Waals surface area contributed by atoms with Crippen molar-refractivity contribution in [2.45, 2.75) is 57.9 Å². The van der Waals surface area contributed by atoms with Crippen molar-refractivity contribution < 1.29 is 14.3 Å². The maximum Gasteiger partial charge on any atom is 0.204 e. The summed E-state index contributed by atoms with van der Waals surface area (Å²) in [6.45, 7) is 8.92. The fourth-order valence-electron chi connectivity index (χ4n) is 6.66. The quantitative estimate of drug-likeness (QED) is 0.293. The Labute approximate surface area is 258 Å². The number of primary amides is 1. The Bertz CT molecular complexity index is 1300. The van der Waals surface area contributed by atoms with E-state index in [0.717, 1.165) is 41.5 Å². The highest BCUT2D eigenvalue weighted by Crippen LogP contribution is 2.52. The molecule has 1 unspecified atom stereocenters. The summed E-state index contributed by atoms with van der Waals surface area (Å²) in [5, 5.41) is 3.24. The fourth-order valence-corrected chi connectivity index (χ4v) is 6.66. The lowest BCUT2D eigenvalue weighted by Gasteiger charge is -2.49. The van der Waals surface area contributed by atoms with Crippen LogP contribution in [0.15, 0.2) is 79.1 Å². The number of hydrogen-bond donors (Lipinski definition) is 3. The summed E-state index contributed by atoms with van der Waals surface area (Å²) in [6.07, 6.45) is 7.81. The molecule has 1 aliphatic carbocycles. The average molecular weight is 587 g/mol. The summed E-state index contributed by atoms with van der Waals surface area (Å²) in [6, 6.07) is 24.2. The molecule has 0 saturated carbocycles. The molecular weight excluding hydrogens is 536 g/mol. The molecule has 7 heteroatoms. The maximum absolute atomic E-state index is 8.58. The first-order valence-corrected chi connectivity index (χ1v) is 15.2. The van der Waals surface area contributed by atoms with Crippen LogP contribution in [0.1, 0.15) is 59.4 Å². The van der Waals surface area contributed by atoms with Gasteiger partial charge in [-0.1, -0.05) is 61.2 Å². The van der Waals surface area contributed by atoms with Crippen molar-refractivity contribution in [2.75, 3.05) is 34.4 Å². The zero-order valence-electron chi connectivity index (χ0n) is 26.4. The van der Waals surface area contributed by atoms with E-state index >= 15 is 0 Å².